The Bertz CT molecular complexity index is 664. The molecule has 0 aliphatic carbocycles. The van der Waals surface area contributed by atoms with Crippen molar-refractivity contribution in [3.63, 3.8) is 0 Å². The number of nitrogen functional groups attached to an aromatic ring is 1. The molecule has 0 aromatic heterocycles. The topological polar surface area (TPSA) is 113 Å². The number of nitrogens with two attached hydrogens (primary N) is 1. The number of nitrogens with zero attached hydrogens (tertiary/aromatic N) is 2. The molecule has 114 valence electrons. The fraction of sp³-hybridized carbons (Fsp3) is 0.385. The molecule has 0 atom stereocenters. The molecule has 0 aliphatic heterocycles. The van der Waals surface area contributed by atoms with Gasteiger partial charge in [0.2, 0.25) is 10.0 Å². The van der Waals surface area contributed by atoms with E-state index in [0.29, 0.717) is 6.42 Å². The lowest BCUT2D eigenvalue weighted by Gasteiger charge is -2.21. The fourth-order valence-electron chi connectivity index (χ4n) is 1.73. The first-order chi connectivity index (χ1) is 9.86. The van der Waals surface area contributed by atoms with Crippen LogP contribution in [0.3, 0.4) is 0 Å². The summed E-state index contributed by atoms with van der Waals surface area (Å²) < 4.78 is 30.6. The molecule has 0 unspecified atom stereocenters. The number of sulfonamides is 1. The van der Waals surface area contributed by atoms with Gasteiger partial charge in [-0.1, -0.05) is 6.92 Å². The minimum absolute atomic E-state index is 0.0278. The SMILES string of the molecule is CCCN(CC(=O)OC)S(=O)(=O)c1ccc(C#N)cc1N. The van der Waals surface area contributed by atoms with E-state index in [-0.39, 0.29) is 29.2 Å². The highest BCUT2D eigenvalue weighted by Crippen LogP contribution is 2.23. The lowest BCUT2D eigenvalue weighted by Crippen LogP contribution is -2.37. The maximum Gasteiger partial charge on any atom is 0.321 e. The minimum atomic E-state index is -3.93. The standard InChI is InChI=1S/C13H17N3O4S/c1-3-6-16(9-13(17)20-2)21(18,19)12-5-4-10(8-14)7-11(12)15/h4-5,7H,3,6,9,15H2,1-2H3. The Labute approximate surface area is 124 Å². The van der Waals surface area contributed by atoms with Crippen molar-refractivity contribution in [1.29, 1.82) is 5.26 Å². The molecule has 0 saturated heterocycles. The van der Waals surface area contributed by atoms with Crippen molar-refractivity contribution in [3.05, 3.63) is 23.8 Å². The van der Waals surface area contributed by atoms with Gasteiger partial charge in [0, 0.05) is 6.54 Å². The van der Waals surface area contributed by atoms with E-state index in [4.69, 9.17) is 11.0 Å². The van der Waals surface area contributed by atoms with Crippen molar-refractivity contribution in [3.8, 4) is 6.07 Å². The van der Waals surface area contributed by atoms with Crippen LogP contribution in [0.15, 0.2) is 23.1 Å². The number of benzene rings is 1. The number of carbonyl (C=O) groups is 1. The molecule has 0 fully saturated rings. The van der Waals surface area contributed by atoms with Crippen molar-refractivity contribution in [2.45, 2.75) is 18.2 Å². The highest BCUT2D eigenvalue weighted by atomic mass is 32.2. The van der Waals surface area contributed by atoms with Gasteiger partial charge in [-0.05, 0) is 24.6 Å². The number of nitriles is 1. The van der Waals surface area contributed by atoms with Crippen LogP contribution in [0.5, 0.6) is 0 Å². The van der Waals surface area contributed by atoms with Crippen molar-refractivity contribution in [1.82, 2.24) is 4.31 Å². The van der Waals surface area contributed by atoms with Crippen LogP contribution in [-0.4, -0.2) is 38.9 Å². The third kappa shape index (κ3) is 3.93. The Balaban J connectivity index is 3.23. The van der Waals surface area contributed by atoms with E-state index in [1.165, 1.54) is 25.3 Å². The van der Waals surface area contributed by atoms with Crippen LogP contribution >= 0.6 is 0 Å². The molecular formula is C13H17N3O4S. The van der Waals surface area contributed by atoms with Crippen molar-refractivity contribution in [2.24, 2.45) is 0 Å². The number of anilines is 1. The second kappa shape index (κ2) is 7.06. The van der Waals surface area contributed by atoms with Crippen LogP contribution in [0.2, 0.25) is 0 Å². The molecule has 0 spiro atoms. The molecule has 0 amide bonds. The van der Waals surface area contributed by atoms with Gasteiger partial charge in [-0.25, -0.2) is 8.42 Å². The van der Waals surface area contributed by atoms with Gasteiger partial charge in [0.05, 0.1) is 24.4 Å². The summed E-state index contributed by atoms with van der Waals surface area (Å²) in [7, 11) is -2.74. The van der Waals surface area contributed by atoms with Crippen molar-refractivity contribution in [2.75, 3.05) is 25.9 Å². The first kappa shape index (κ1) is 16.9. The summed E-state index contributed by atoms with van der Waals surface area (Å²) in [5.41, 5.74) is 5.94. The van der Waals surface area contributed by atoms with E-state index in [9.17, 15) is 13.2 Å². The van der Waals surface area contributed by atoms with E-state index < -0.39 is 16.0 Å². The molecule has 0 bridgehead atoms. The summed E-state index contributed by atoms with van der Waals surface area (Å²) in [6, 6.07) is 5.80. The zero-order valence-corrected chi connectivity index (χ0v) is 12.7. The zero-order valence-electron chi connectivity index (χ0n) is 11.9. The number of esters is 1. The van der Waals surface area contributed by atoms with Crippen LogP contribution in [0.25, 0.3) is 0 Å². The zero-order chi connectivity index (χ0) is 16.0. The summed E-state index contributed by atoms with van der Waals surface area (Å²) in [6.45, 7) is 1.57. The van der Waals surface area contributed by atoms with Crippen LogP contribution in [0, 0.1) is 11.3 Å². The fourth-order valence-corrected chi connectivity index (χ4v) is 3.31. The molecule has 8 heteroatoms. The minimum Gasteiger partial charge on any atom is -0.468 e. The Kier molecular flexibility index (Phi) is 5.69. The molecule has 21 heavy (non-hydrogen) atoms. The maximum absolute atomic E-state index is 12.5. The van der Waals surface area contributed by atoms with Gasteiger partial charge < -0.3 is 10.5 Å². The Morgan fingerprint density at radius 1 is 1.48 bits per heavy atom. The van der Waals surface area contributed by atoms with E-state index in [2.05, 4.69) is 4.74 Å². The predicted molar refractivity (Wildman–Crippen MR) is 76.6 cm³/mol. The van der Waals surface area contributed by atoms with Gasteiger partial charge in [-0.2, -0.15) is 9.57 Å². The third-order valence-corrected chi connectivity index (χ3v) is 4.68. The summed E-state index contributed by atoms with van der Waals surface area (Å²) in [5, 5.41) is 8.77. The normalized spacial score (nSPS) is 11.1. The lowest BCUT2D eigenvalue weighted by molar-refractivity contribution is -0.140. The number of ether oxygens (including phenoxy) is 1. The summed E-state index contributed by atoms with van der Waals surface area (Å²) in [6.07, 6.45) is 0.534. The van der Waals surface area contributed by atoms with Gasteiger partial charge >= 0.3 is 5.97 Å². The second-order valence-electron chi connectivity index (χ2n) is 4.28. The third-order valence-electron chi connectivity index (χ3n) is 2.76. The largest absolute Gasteiger partial charge is 0.468 e. The van der Waals surface area contributed by atoms with E-state index in [1.54, 1.807) is 6.92 Å². The number of carbonyl (C=O) groups excluding carboxylic acids is 1. The molecular weight excluding hydrogens is 294 g/mol. The molecule has 1 aromatic carbocycles. The van der Waals surface area contributed by atoms with Crippen LogP contribution in [0.4, 0.5) is 5.69 Å². The monoisotopic (exact) mass is 311 g/mol. The quantitative estimate of drug-likeness (QED) is 0.611. The molecule has 0 heterocycles. The lowest BCUT2D eigenvalue weighted by atomic mass is 10.2. The van der Waals surface area contributed by atoms with Crippen LogP contribution in [-0.2, 0) is 19.6 Å². The second-order valence-corrected chi connectivity index (χ2v) is 6.19. The first-order valence-corrected chi connectivity index (χ1v) is 7.67. The summed E-state index contributed by atoms with van der Waals surface area (Å²) >= 11 is 0. The predicted octanol–water partition coefficient (Wildman–Crippen LogP) is 0.714. The number of rotatable bonds is 6. The van der Waals surface area contributed by atoms with Crippen LogP contribution < -0.4 is 5.73 Å². The number of methoxy groups -OCH3 is 1. The van der Waals surface area contributed by atoms with Gasteiger partial charge in [-0.3, -0.25) is 4.79 Å². The maximum atomic E-state index is 12.5. The first-order valence-electron chi connectivity index (χ1n) is 6.23. The van der Waals surface area contributed by atoms with Gasteiger partial charge in [0.1, 0.15) is 11.4 Å². The number of hydrogen-bond donors (Lipinski definition) is 1. The molecule has 0 aliphatic rings. The highest BCUT2D eigenvalue weighted by Gasteiger charge is 2.28. The van der Waals surface area contributed by atoms with Crippen LogP contribution in [0.1, 0.15) is 18.9 Å². The average molecular weight is 311 g/mol. The Morgan fingerprint density at radius 2 is 2.14 bits per heavy atom. The smallest absolute Gasteiger partial charge is 0.321 e. The van der Waals surface area contributed by atoms with Gasteiger partial charge in [-0.15, -0.1) is 0 Å². The van der Waals surface area contributed by atoms with Gasteiger partial charge in [0.25, 0.3) is 0 Å². The average Bonchev–Trinajstić information content (AvgIpc) is 2.45. The summed E-state index contributed by atoms with van der Waals surface area (Å²) in [5.74, 6) is -0.653. The summed E-state index contributed by atoms with van der Waals surface area (Å²) in [4.78, 5) is 11.2. The van der Waals surface area contributed by atoms with Crippen molar-refractivity contribution >= 4 is 21.7 Å². The van der Waals surface area contributed by atoms with E-state index in [0.717, 1.165) is 4.31 Å². The van der Waals surface area contributed by atoms with Gasteiger partial charge in [0.15, 0.2) is 0 Å². The Hall–Kier alpha value is -2.11. The molecule has 1 aromatic rings. The molecule has 1 rings (SSSR count). The van der Waals surface area contributed by atoms with Crippen molar-refractivity contribution < 1.29 is 17.9 Å². The molecule has 7 nitrogen and oxygen atoms in total. The molecule has 2 N–H and O–H groups in total. The molecule has 0 saturated carbocycles. The van der Waals surface area contributed by atoms with E-state index >= 15 is 0 Å². The number of hydrogen-bond acceptors (Lipinski definition) is 6. The van der Waals surface area contributed by atoms with E-state index in [1.807, 2.05) is 6.07 Å². The molecule has 0 radical (unpaired) electrons. The Morgan fingerprint density at radius 3 is 2.62 bits per heavy atom. The highest BCUT2D eigenvalue weighted by molar-refractivity contribution is 7.89.